The van der Waals surface area contributed by atoms with Crippen LogP contribution in [0.15, 0.2) is 56.9 Å². The van der Waals surface area contributed by atoms with E-state index in [9.17, 15) is 4.79 Å². The van der Waals surface area contributed by atoms with Crippen LogP contribution in [-0.2, 0) is 6.67 Å². The molecule has 23 heavy (non-hydrogen) atoms. The number of hydrogen-bond donors (Lipinski definition) is 0. The minimum atomic E-state index is -0.0520. The van der Waals surface area contributed by atoms with E-state index in [1.807, 2.05) is 35.2 Å². The number of thiazole rings is 1. The van der Waals surface area contributed by atoms with Crippen molar-refractivity contribution >= 4 is 34.7 Å². The van der Waals surface area contributed by atoms with E-state index in [0.717, 1.165) is 10.5 Å². The largest absolute Gasteiger partial charge is 0.465 e. The molecule has 1 aromatic carbocycles. The quantitative estimate of drug-likeness (QED) is 0.714. The zero-order valence-corrected chi connectivity index (χ0v) is 13.5. The Hall–Kier alpha value is -2.31. The Balaban J connectivity index is 1.72. The van der Waals surface area contributed by atoms with Gasteiger partial charge in [0.05, 0.1) is 10.8 Å². The number of halogens is 1. The zero-order valence-electron chi connectivity index (χ0n) is 12.0. The van der Waals surface area contributed by atoms with Gasteiger partial charge in [-0.05, 0) is 36.4 Å². The van der Waals surface area contributed by atoms with Crippen LogP contribution < -0.4 is 19.8 Å². The van der Waals surface area contributed by atoms with Gasteiger partial charge < -0.3 is 9.32 Å². The predicted octanol–water partition coefficient (Wildman–Crippen LogP) is 2.04. The van der Waals surface area contributed by atoms with Crippen molar-refractivity contribution in [2.45, 2.75) is 6.67 Å². The van der Waals surface area contributed by atoms with Gasteiger partial charge in [-0.2, -0.15) is 0 Å². The number of rotatable bonds is 2. The van der Waals surface area contributed by atoms with Crippen molar-refractivity contribution in [2.24, 2.45) is 4.99 Å². The first-order chi connectivity index (χ1) is 11.2. The molecule has 1 aliphatic rings. The number of aromatic nitrogens is 1. The van der Waals surface area contributed by atoms with Crippen molar-refractivity contribution in [3.63, 3.8) is 0 Å². The van der Waals surface area contributed by atoms with Crippen LogP contribution in [0.4, 0.5) is 5.69 Å². The molecule has 5 nitrogen and oxygen atoms in total. The first kappa shape index (κ1) is 14.3. The molecule has 1 aliphatic heterocycles. The fourth-order valence-corrected chi connectivity index (χ4v) is 3.50. The third-order valence-electron chi connectivity index (χ3n) is 3.59. The lowest BCUT2D eigenvalue weighted by atomic mass is 10.3. The van der Waals surface area contributed by atoms with Crippen LogP contribution in [0.25, 0.3) is 6.08 Å². The normalized spacial score (nSPS) is 14.7. The van der Waals surface area contributed by atoms with Gasteiger partial charge in [0, 0.05) is 16.8 Å². The standard InChI is InChI=1S/C16H12ClN3O2S/c17-11-3-5-12(6-4-11)19-9-18-16-20(10-19)15(21)14(23-16)8-13-2-1-7-22-13/h1-8H,9-10H2/b14-8-. The Labute approximate surface area is 140 Å². The molecule has 0 amide bonds. The molecule has 0 atom stereocenters. The third-order valence-corrected chi connectivity index (χ3v) is 4.88. The summed E-state index contributed by atoms with van der Waals surface area (Å²) in [4.78, 5) is 19.8. The van der Waals surface area contributed by atoms with Gasteiger partial charge in [0.2, 0.25) is 0 Å². The van der Waals surface area contributed by atoms with Gasteiger partial charge in [0.15, 0.2) is 4.80 Å². The molecule has 0 bridgehead atoms. The minimum absolute atomic E-state index is 0.0520. The molecule has 3 aromatic rings. The van der Waals surface area contributed by atoms with Crippen LogP contribution in [-0.4, -0.2) is 11.2 Å². The van der Waals surface area contributed by atoms with E-state index in [4.69, 9.17) is 16.0 Å². The summed E-state index contributed by atoms with van der Waals surface area (Å²) < 4.78 is 7.58. The molecule has 0 aliphatic carbocycles. The number of anilines is 1. The van der Waals surface area contributed by atoms with Gasteiger partial charge in [0.1, 0.15) is 19.1 Å². The maximum absolute atomic E-state index is 12.6. The fourth-order valence-electron chi connectivity index (χ4n) is 2.43. The smallest absolute Gasteiger partial charge is 0.271 e. The van der Waals surface area contributed by atoms with Crippen LogP contribution in [0.1, 0.15) is 5.76 Å². The average Bonchev–Trinajstić information content (AvgIpc) is 3.17. The third kappa shape index (κ3) is 2.71. The molecular formula is C16H12ClN3O2S. The van der Waals surface area contributed by atoms with Crippen LogP contribution in [0.3, 0.4) is 0 Å². The summed E-state index contributed by atoms with van der Waals surface area (Å²) in [6, 6.07) is 11.1. The second-order valence-corrected chi connectivity index (χ2v) is 6.54. The number of fused-ring (bicyclic) bond motifs is 1. The molecule has 0 radical (unpaired) electrons. The highest BCUT2D eigenvalue weighted by Gasteiger charge is 2.16. The van der Waals surface area contributed by atoms with Crippen molar-refractivity contribution in [3.8, 4) is 0 Å². The molecule has 0 saturated heterocycles. The van der Waals surface area contributed by atoms with Crippen LogP contribution in [0, 0.1) is 0 Å². The molecule has 0 saturated carbocycles. The van der Waals surface area contributed by atoms with Gasteiger partial charge >= 0.3 is 0 Å². The van der Waals surface area contributed by atoms with Crippen molar-refractivity contribution in [2.75, 3.05) is 11.6 Å². The topological polar surface area (TPSA) is 50.7 Å². The van der Waals surface area contributed by atoms with Crippen LogP contribution in [0.5, 0.6) is 0 Å². The second-order valence-electron chi connectivity index (χ2n) is 5.10. The Morgan fingerprint density at radius 3 is 2.83 bits per heavy atom. The molecule has 0 fully saturated rings. The van der Waals surface area contributed by atoms with Gasteiger partial charge in [-0.25, -0.2) is 4.99 Å². The van der Waals surface area contributed by atoms with E-state index in [-0.39, 0.29) is 5.56 Å². The first-order valence-corrected chi connectivity index (χ1v) is 8.20. The van der Waals surface area contributed by atoms with Gasteiger partial charge in [-0.3, -0.25) is 9.36 Å². The highest BCUT2D eigenvalue weighted by atomic mass is 35.5. The lowest BCUT2D eigenvalue weighted by Crippen LogP contribution is -2.42. The van der Waals surface area contributed by atoms with Crippen LogP contribution >= 0.6 is 22.9 Å². The molecule has 0 N–H and O–H groups in total. The number of furan rings is 1. The second kappa shape index (κ2) is 5.72. The van der Waals surface area contributed by atoms with Crippen molar-refractivity contribution in [3.05, 3.63) is 73.1 Å². The molecule has 2 aromatic heterocycles. The fraction of sp³-hybridized carbons (Fsp3) is 0.125. The van der Waals surface area contributed by atoms with Crippen molar-refractivity contribution < 1.29 is 4.42 Å². The Kier molecular flexibility index (Phi) is 3.55. The Morgan fingerprint density at radius 2 is 2.09 bits per heavy atom. The van der Waals surface area contributed by atoms with E-state index in [1.54, 1.807) is 23.0 Å². The number of nitrogens with zero attached hydrogens (tertiary/aromatic N) is 3. The number of benzene rings is 1. The zero-order chi connectivity index (χ0) is 15.8. The van der Waals surface area contributed by atoms with Crippen molar-refractivity contribution in [1.29, 1.82) is 0 Å². The monoisotopic (exact) mass is 345 g/mol. The number of hydrogen-bond acceptors (Lipinski definition) is 5. The molecular weight excluding hydrogens is 334 g/mol. The van der Waals surface area contributed by atoms with Gasteiger partial charge in [-0.15, -0.1) is 0 Å². The minimum Gasteiger partial charge on any atom is -0.465 e. The highest BCUT2D eigenvalue weighted by molar-refractivity contribution is 7.07. The van der Waals surface area contributed by atoms with Gasteiger partial charge in [-0.1, -0.05) is 22.9 Å². The van der Waals surface area contributed by atoms with Crippen LogP contribution in [0.2, 0.25) is 5.02 Å². The summed E-state index contributed by atoms with van der Waals surface area (Å²) in [6.45, 7) is 0.990. The SMILES string of the molecule is O=c1/c(=C/c2ccco2)sc2n1CN(c1ccc(Cl)cc1)CN=2. The highest BCUT2D eigenvalue weighted by Crippen LogP contribution is 2.18. The van der Waals surface area contributed by atoms with Gasteiger partial charge in [0.25, 0.3) is 5.56 Å². The lowest BCUT2D eigenvalue weighted by Gasteiger charge is -2.25. The molecule has 116 valence electrons. The lowest BCUT2D eigenvalue weighted by molar-refractivity contribution is 0.556. The van der Waals surface area contributed by atoms with E-state index in [2.05, 4.69) is 4.99 Å². The summed E-state index contributed by atoms with van der Waals surface area (Å²) >= 11 is 7.30. The average molecular weight is 346 g/mol. The Bertz CT molecular complexity index is 1000. The molecule has 3 heterocycles. The van der Waals surface area contributed by atoms with E-state index in [0.29, 0.717) is 28.7 Å². The molecule has 7 heteroatoms. The summed E-state index contributed by atoms with van der Waals surface area (Å²) in [6.07, 6.45) is 3.34. The maximum Gasteiger partial charge on any atom is 0.271 e. The Morgan fingerprint density at radius 1 is 1.26 bits per heavy atom. The predicted molar refractivity (Wildman–Crippen MR) is 90.4 cm³/mol. The summed E-state index contributed by atoms with van der Waals surface area (Å²) in [5, 5.41) is 0.687. The maximum atomic E-state index is 12.6. The summed E-state index contributed by atoms with van der Waals surface area (Å²) in [7, 11) is 0. The molecule has 0 unspecified atom stereocenters. The summed E-state index contributed by atoms with van der Waals surface area (Å²) in [5.41, 5.74) is 0.933. The summed E-state index contributed by atoms with van der Waals surface area (Å²) in [5.74, 6) is 0.663. The van der Waals surface area contributed by atoms with E-state index in [1.165, 1.54) is 11.3 Å². The van der Waals surface area contributed by atoms with E-state index < -0.39 is 0 Å². The van der Waals surface area contributed by atoms with E-state index >= 15 is 0 Å². The first-order valence-electron chi connectivity index (χ1n) is 7.00. The molecule has 4 rings (SSSR count). The molecule has 0 spiro atoms. The van der Waals surface area contributed by atoms with Crippen molar-refractivity contribution in [1.82, 2.24) is 4.57 Å².